The van der Waals surface area contributed by atoms with Gasteiger partial charge in [-0.1, -0.05) is 51.9 Å². The van der Waals surface area contributed by atoms with Crippen LogP contribution in [0.1, 0.15) is 84.5 Å². The number of nitrogens with two attached hydrogens (primary N) is 1. The highest BCUT2D eigenvalue weighted by Crippen LogP contribution is 2.28. The van der Waals surface area contributed by atoms with Crippen molar-refractivity contribution in [2.75, 3.05) is 7.05 Å². The van der Waals surface area contributed by atoms with Crippen LogP contribution in [0.15, 0.2) is 4.99 Å². The third-order valence-electron chi connectivity index (χ3n) is 6.16. The van der Waals surface area contributed by atoms with Crippen LogP contribution in [-0.2, 0) is 9.59 Å². The number of nitrogens with one attached hydrogen (secondary N) is 1. The summed E-state index contributed by atoms with van der Waals surface area (Å²) in [5.41, 5.74) is 5.62. The molecule has 3 rings (SSSR count). The highest BCUT2D eigenvalue weighted by Gasteiger charge is 2.30. The van der Waals surface area contributed by atoms with Crippen LogP contribution in [0.5, 0.6) is 0 Å². The van der Waals surface area contributed by atoms with Crippen molar-refractivity contribution in [2.24, 2.45) is 22.6 Å². The number of carbonyl (C=O) groups is 2. The van der Waals surface area contributed by atoms with Gasteiger partial charge in [0.15, 0.2) is 5.96 Å². The average molecular weight is 379 g/mol. The predicted octanol–water partition coefficient (Wildman–Crippen LogP) is 3.20. The Bertz CT molecular complexity index is 528. The van der Waals surface area contributed by atoms with Gasteiger partial charge in [0.2, 0.25) is 5.91 Å². The van der Waals surface area contributed by atoms with Crippen LogP contribution in [0.3, 0.4) is 0 Å². The van der Waals surface area contributed by atoms with E-state index in [0.29, 0.717) is 12.0 Å². The molecule has 0 aromatic carbocycles. The fourth-order valence-electron chi connectivity index (χ4n) is 4.55. The molecule has 6 heteroatoms. The second kappa shape index (κ2) is 10.7. The van der Waals surface area contributed by atoms with Crippen molar-refractivity contribution >= 4 is 17.8 Å². The normalized spacial score (nSPS) is 29.0. The highest BCUT2D eigenvalue weighted by molar-refractivity contribution is 6.03. The van der Waals surface area contributed by atoms with E-state index >= 15 is 0 Å². The Kier molecular flexibility index (Phi) is 8.58. The first-order valence-corrected chi connectivity index (χ1v) is 10.7. The summed E-state index contributed by atoms with van der Waals surface area (Å²) in [7, 11) is 1.70. The van der Waals surface area contributed by atoms with Crippen molar-refractivity contribution in [1.29, 1.82) is 0 Å². The van der Waals surface area contributed by atoms with E-state index in [1.807, 2.05) is 0 Å². The molecule has 2 fully saturated rings. The van der Waals surface area contributed by atoms with Crippen molar-refractivity contribution in [1.82, 2.24) is 10.2 Å². The minimum Gasteiger partial charge on any atom is -0.369 e. The van der Waals surface area contributed by atoms with Crippen LogP contribution < -0.4 is 11.1 Å². The Morgan fingerprint density at radius 2 is 1.85 bits per heavy atom. The molecule has 0 saturated heterocycles. The number of nitrogens with zero attached hydrogens (tertiary/aromatic N) is 2. The van der Waals surface area contributed by atoms with E-state index in [1.54, 1.807) is 14.0 Å². The first-order chi connectivity index (χ1) is 12.9. The van der Waals surface area contributed by atoms with Crippen LogP contribution in [0, 0.1) is 11.8 Å². The zero-order valence-electron chi connectivity index (χ0n) is 17.4. The molecule has 2 amide bonds. The Hall–Kier alpha value is -1.59. The molecule has 3 aliphatic rings. The molecular weight excluding hydrogens is 340 g/mol. The molecule has 3 unspecified atom stereocenters. The summed E-state index contributed by atoms with van der Waals surface area (Å²) in [5.74, 6) is 2.15. The van der Waals surface area contributed by atoms with Crippen molar-refractivity contribution in [3.05, 3.63) is 0 Å². The molecule has 0 radical (unpaired) electrons. The number of amides is 2. The summed E-state index contributed by atoms with van der Waals surface area (Å²) in [6.45, 7) is 3.85. The Morgan fingerprint density at radius 1 is 1.15 bits per heavy atom. The minimum atomic E-state index is -0.202. The maximum atomic E-state index is 11.7. The lowest BCUT2D eigenvalue weighted by Gasteiger charge is -2.26. The van der Waals surface area contributed by atoms with Crippen LogP contribution in [-0.4, -0.2) is 41.8 Å². The molecule has 1 heterocycles. The zero-order valence-corrected chi connectivity index (χ0v) is 17.4. The van der Waals surface area contributed by atoms with Crippen LogP contribution >= 0.6 is 0 Å². The number of carbonyl (C=O) groups excluding carboxylic acids is 2. The fraction of sp³-hybridized carbons (Fsp3) is 0.857. The molecule has 0 aromatic heterocycles. The molecule has 154 valence electrons. The summed E-state index contributed by atoms with van der Waals surface area (Å²) in [5, 5.41) is 2.97. The lowest BCUT2D eigenvalue weighted by molar-refractivity contribution is -0.126. The molecule has 1 aliphatic heterocycles. The Labute approximate surface area is 164 Å². The van der Waals surface area contributed by atoms with Gasteiger partial charge in [-0.15, -0.1) is 0 Å². The van der Waals surface area contributed by atoms with E-state index in [0.717, 1.165) is 24.7 Å². The molecule has 27 heavy (non-hydrogen) atoms. The first kappa shape index (κ1) is 21.7. The summed E-state index contributed by atoms with van der Waals surface area (Å²) < 4.78 is 0. The molecule has 0 bridgehead atoms. The lowest BCUT2D eigenvalue weighted by atomic mass is 9.85. The van der Waals surface area contributed by atoms with Crippen LogP contribution in [0.2, 0.25) is 0 Å². The quantitative estimate of drug-likeness (QED) is 0.787. The maximum absolute atomic E-state index is 11.7. The van der Waals surface area contributed by atoms with Gasteiger partial charge >= 0.3 is 0 Å². The number of guanidine groups is 1. The molecule has 6 nitrogen and oxygen atoms in total. The largest absolute Gasteiger partial charge is 0.369 e. The Morgan fingerprint density at radius 3 is 2.41 bits per heavy atom. The third kappa shape index (κ3) is 7.15. The summed E-state index contributed by atoms with van der Waals surface area (Å²) in [6.07, 6.45) is 13.7. The fourth-order valence-corrected chi connectivity index (χ4v) is 4.55. The predicted molar refractivity (Wildman–Crippen MR) is 109 cm³/mol. The van der Waals surface area contributed by atoms with Gasteiger partial charge in [-0.25, -0.2) is 4.99 Å². The van der Waals surface area contributed by atoms with Crippen molar-refractivity contribution in [3.63, 3.8) is 0 Å². The van der Waals surface area contributed by atoms with Gasteiger partial charge in [-0.2, -0.15) is 0 Å². The van der Waals surface area contributed by atoms with E-state index in [1.165, 1.54) is 62.7 Å². The topological polar surface area (TPSA) is 87.8 Å². The monoisotopic (exact) mass is 378 g/mol. The molecule has 0 aromatic rings. The van der Waals surface area contributed by atoms with Crippen LogP contribution in [0.4, 0.5) is 0 Å². The van der Waals surface area contributed by atoms with Crippen molar-refractivity contribution in [3.8, 4) is 0 Å². The number of hydrogen-bond acceptors (Lipinski definition) is 4. The van der Waals surface area contributed by atoms with Gasteiger partial charge in [0.05, 0.1) is 0 Å². The van der Waals surface area contributed by atoms with Crippen molar-refractivity contribution in [2.45, 2.75) is 96.6 Å². The van der Waals surface area contributed by atoms with Crippen molar-refractivity contribution < 1.29 is 9.59 Å². The van der Waals surface area contributed by atoms with E-state index in [2.05, 4.69) is 17.2 Å². The SMILES string of the molecule is CC(=O)NC1CCCC(C)C1.CN1C(=O)C(CCC2CCCCC2)N=C1N. The standard InChI is InChI=1S/C12H21N3O.C9H17NO/c1-15-11(16)10(14-12(15)13)8-7-9-5-3-2-4-6-9;1-7-4-3-5-9(6-7)10-8(2)11/h9-10H,2-8H2,1H3,(H2,13,14);7,9H,3-6H2,1-2H3,(H,10,11). The second-order valence-corrected chi connectivity index (χ2v) is 8.65. The molecule has 3 atom stereocenters. The smallest absolute Gasteiger partial charge is 0.253 e. The third-order valence-corrected chi connectivity index (χ3v) is 6.16. The van der Waals surface area contributed by atoms with Gasteiger partial charge < -0.3 is 11.1 Å². The van der Waals surface area contributed by atoms with Gasteiger partial charge in [0.1, 0.15) is 6.04 Å². The lowest BCUT2D eigenvalue weighted by Crippen LogP contribution is -2.36. The van der Waals surface area contributed by atoms with E-state index < -0.39 is 0 Å². The number of likely N-dealkylation sites (N-methyl/N-ethyl adjacent to an activating group) is 1. The van der Waals surface area contributed by atoms with E-state index in [9.17, 15) is 9.59 Å². The molecule has 2 saturated carbocycles. The molecule has 0 spiro atoms. The van der Waals surface area contributed by atoms with Gasteiger partial charge in [-0.05, 0) is 37.5 Å². The second-order valence-electron chi connectivity index (χ2n) is 8.65. The van der Waals surface area contributed by atoms with Gasteiger partial charge in [-0.3, -0.25) is 14.5 Å². The van der Waals surface area contributed by atoms with Gasteiger partial charge in [0, 0.05) is 20.0 Å². The molecular formula is C21H38N4O2. The van der Waals surface area contributed by atoms with E-state index in [-0.39, 0.29) is 17.9 Å². The molecule has 3 N–H and O–H groups in total. The minimum absolute atomic E-state index is 0.0632. The Balaban J connectivity index is 0.000000208. The van der Waals surface area contributed by atoms with Crippen LogP contribution in [0.25, 0.3) is 0 Å². The summed E-state index contributed by atoms with van der Waals surface area (Å²) in [6, 6.07) is 0.253. The maximum Gasteiger partial charge on any atom is 0.253 e. The number of hydrogen-bond donors (Lipinski definition) is 2. The summed E-state index contributed by atoms with van der Waals surface area (Å²) >= 11 is 0. The number of rotatable bonds is 4. The average Bonchev–Trinajstić information content (AvgIpc) is 2.88. The van der Waals surface area contributed by atoms with Gasteiger partial charge in [0.25, 0.3) is 5.91 Å². The molecule has 2 aliphatic carbocycles. The van der Waals surface area contributed by atoms with E-state index in [4.69, 9.17) is 5.73 Å². The number of aliphatic imine (C=N–C) groups is 1. The first-order valence-electron chi connectivity index (χ1n) is 10.7. The summed E-state index contributed by atoms with van der Waals surface area (Å²) in [4.78, 5) is 28.1. The highest BCUT2D eigenvalue weighted by atomic mass is 16.2. The zero-order chi connectivity index (χ0) is 19.8.